The Hall–Kier alpha value is -3.82. The summed E-state index contributed by atoms with van der Waals surface area (Å²) in [5.74, 6) is 0.597. The van der Waals surface area contributed by atoms with Crippen LogP contribution in [-0.4, -0.2) is 34.4 Å². The molecule has 33 heavy (non-hydrogen) atoms. The van der Waals surface area contributed by atoms with Gasteiger partial charge in [0.15, 0.2) is 0 Å². The molecule has 10 heteroatoms. The summed E-state index contributed by atoms with van der Waals surface area (Å²) in [4.78, 5) is 34.0. The molecular formula is C23H21F3N4O3. The van der Waals surface area contributed by atoms with Gasteiger partial charge in [0.05, 0.1) is 24.9 Å². The maximum absolute atomic E-state index is 12.8. The first-order valence-corrected chi connectivity index (χ1v) is 10.2. The van der Waals surface area contributed by atoms with E-state index in [1.807, 2.05) is 24.3 Å². The van der Waals surface area contributed by atoms with Gasteiger partial charge >= 0.3 is 6.18 Å². The fraction of sp³-hybridized carbons (Fsp3) is 0.261. The quantitative estimate of drug-likeness (QED) is 0.610. The number of benzene rings is 2. The first-order valence-electron chi connectivity index (χ1n) is 10.2. The highest BCUT2D eigenvalue weighted by molar-refractivity contribution is 5.94. The minimum atomic E-state index is -4.47. The molecule has 0 radical (unpaired) electrons. The molecule has 7 nitrogen and oxygen atoms in total. The molecule has 0 spiro atoms. The Morgan fingerprint density at radius 1 is 1.15 bits per heavy atom. The van der Waals surface area contributed by atoms with Crippen LogP contribution in [0.5, 0.6) is 5.75 Å². The summed E-state index contributed by atoms with van der Waals surface area (Å²) >= 11 is 0. The number of hydrogen-bond acceptors (Lipinski definition) is 5. The van der Waals surface area contributed by atoms with Gasteiger partial charge in [-0.25, -0.2) is 4.98 Å². The van der Waals surface area contributed by atoms with E-state index in [9.17, 15) is 22.8 Å². The van der Waals surface area contributed by atoms with E-state index in [2.05, 4.69) is 15.3 Å². The number of H-pyrrole nitrogens is 1. The highest BCUT2D eigenvalue weighted by atomic mass is 19.4. The minimum absolute atomic E-state index is 0.0936. The third-order valence-electron chi connectivity index (χ3n) is 5.44. The molecule has 0 saturated carbocycles. The highest BCUT2D eigenvalue weighted by Gasteiger charge is 2.31. The fourth-order valence-corrected chi connectivity index (χ4v) is 3.61. The van der Waals surface area contributed by atoms with Gasteiger partial charge in [0.1, 0.15) is 5.75 Å². The number of rotatable bonds is 5. The van der Waals surface area contributed by atoms with Gasteiger partial charge in [-0.3, -0.25) is 14.6 Å². The maximum Gasteiger partial charge on any atom is 0.416 e. The number of carbonyl (C=O) groups is 1. The summed E-state index contributed by atoms with van der Waals surface area (Å²) in [5.41, 5.74) is 0.969. The predicted octanol–water partition coefficient (Wildman–Crippen LogP) is 3.61. The summed E-state index contributed by atoms with van der Waals surface area (Å²) in [5, 5.41) is 3.07. The molecule has 0 atom stereocenters. The van der Waals surface area contributed by atoms with E-state index in [1.54, 1.807) is 7.11 Å². The number of alkyl halides is 3. The van der Waals surface area contributed by atoms with Crippen molar-refractivity contribution in [3.63, 3.8) is 0 Å². The lowest BCUT2D eigenvalue weighted by Gasteiger charge is -2.28. The van der Waals surface area contributed by atoms with Gasteiger partial charge in [-0.05, 0) is 48.4 Å². The van der Waals surface area contributed by atoms with Crippen molar-refractivity contribution < 1.29 is 22.7 Å². The number of nitrogens with one attached hydrogen (secondary N) is 2. The van der Waals surface area contributed by atoms with E-state index < -0.39 is 17.6 Å². The lowest BCUT2D eigenvalue weighted by molar-refractivity contribution is -0.137. The second kappa shape index (κ2) is 8.97. The molecule has 1 aromatic heterocycles. The van der Waals surface area contributed by atoms with Crippen molar-refractivity contribution >= 4 is 11.9 Å². The lowest BCUT2D eigenvalue weighted by atomic mass is 10.0. The largest absolute Gasteiger partial charge is 0.497 e. The van der Waals surface area contributed by atoms with Crippen molar-refractivity contribution in [1.82, 2.24) is 14.9 Å². The molecule has 4 rings (SSSR count). The van der Waals surface area contributed by atoms with Gasteiger partial charge < -0.3 is 15.0 Å². The molecular weight excluding hydrogens is 437 g/mol. The second-order valence-corrected chi connectivity index (χ2v) is 7.59. The smallest absolute Gasteiger partial charge is 0.416 e. The Bertz CT molecular complexity index is 1210. The van der Waals surface area contributed by atoms with Crippen molar-refractivity contribution in [1.29, 1.82) is 0 Å². The van der Waals surface area contributed by atoms with Crippen LogP contribution < -0.4 is 15.6 Å². The van der Waals surface area contributed by atoms with Crippen LogP contribution >= 0.6 is 0 Å². The van der Waals surface area contributed by atoms with Crippen molar-refractivity contribution in [2.45, 2.75) is 25.7 Å². The Balaban J connectivity index is 1.47. The van der Waals surface area contributed by atoms with E-state index in [0.717, 1.165) is 35.6 Å². The van der Waals surface area contributed by atoms with E-state index in [4.69, 9.17) is 4.74 Å². The van der Waals surface area contributed by atoms with Crippen LogP contribution in [0.25, 0.3) is 0 Å². The van der Waals surface area contributed by atoms with Crippen molar-refractivity contribution in [2.75, 3.05) is 19.0 Å². The van der Waals surface area contributed by atoms with Crippen molar-refractivity contribution in [3.8, 4) is 5.75 Å². The van der Waals surface area contributed by atoms with Gasteiger partial charge in [0.2, 0.25) is 5.95 Å². The summed E-state index contributed by atoms with van der Waals surface area (Å²) < 4.78 is 43.5. The number of carbonyl (C=O) groups excluding carboxylic acids is 1. The monoisotopic (exact) mass is 458 g/mol. The highest BCUT2D eigenvalue weighted by Crippen LogP contribution is 2.29. The van der Waals surface area contributed by atoms with E-state index in [-0.39, 0.29) is 30.2 Å². The first kappa shape index (κ1) is 22.4. The Labute approximate surface area is 187 Å². The van der Waals surface area contributed by atoms with Crippen molar-refractivity contribution in [3.05, 3.63) is 86.8 Å². The number of fused-ring (bicyclic) bond motifs is 1. The molecule has 1 amide bonds. The van der Waals surface area contributed by atoms with Crippen LogP contribution in [0.15, 0.2) is 53.3 Å². The number of methoxy groups -OCH3 is 1. The average Bonchev–Trinajstić information content (AvgIpc) is 2.82. The first-order chi connectivity index (χ1) is 15.7. The third kappa shape index (κ3) is 5.00. The SMILES string of the molecule is COc1ccc(CNc2nc3c(c(=O)[nH]2)CCN(C(=O)c2ccc(C(F)(F)F)cc2)C3)cc1. The number of hydrogen-bond donors (Lipinski definition) is 2. The van der Waals surface area contributed by atoms with E-state index >= 15 is 0 Å². The molecule has 0 aliphatic carbocycles. The summed E-state index contributed by atoms with van der Waals surface area (Å²) in [6, 6.07) is 11.5. The predicted molar refractivity (Wildman–Crippen MR) is 115 cm³/mol. The number of ether oxygens (including phenoxy) is 1. The van der Waals surface area contributed by atoms with Gasteiger partial charge in [0.25, 0.3) is 11.5 Å². The zero-order valence-electron chi connectivity index (χ0n) is 17.7. The lowest BCUT2D eigenvalue weighted by Crippen LogP contribution is -2.39. The zero-order chi connectivity index (χ0) is 23.6. The molecule has 1 aliphatic heterocycles. The van der Waals surface area contributed by atoms with Gasteiger partial charge in [-0.15, -0.1) is 0 Å². The number of aromatic nitrogens is 2. The molecule has 0 bridgehead atoms. The van der Waals surface area contributed by atoms with Crippen LogP contribution in [0.2, 0.25) is 0 Å². The second-order valence-electron chi connectivity index (χ2n) is 7.59. The van der Waals surface area contributed by atoms with Crippen LogP contribution in [0.1, 0.15) is 32.7 Å². The molecule has 0 fully saturated rings. The number of halogens is 3. The van der Waals surface area contributed by atoms with Crippen LogP contribution in [0.3, 0.4) is 0 Å². The Morgan fingerprint density at radius 2 is 1.85 bits per heavy atom. The molecule has 1 aliphatic rings. The average molecular weight is 458 g/mol. The van der Waals surface area contributed by atoms with Gasteiger partial charge in [0, 0.05) is 24.2 Å². The van der Waals surface area contributed by atoms with Crippen molar-refractivity contribution in [2.24, 2.45) is 0 Å². The topological polar surface area (TPSA) is 87.3 Å². The molecule has 2 aromatic carbocycles. The summed E-state index contributed by atoms with van der Waals surface area (Å²) in [7, 11) is 1.58. The minimum Gasteiger partial charge on any atom is -0.497 e. The standard InChI is InChI=1S/C23H21F3N4O3/c1-33-17-8-2-14(3-9-17)12-27-22-28-19-13-30(11-10-18(19)20(31)29-22)21(32)15-4-6-16(7-5-15)23(24,25)26/h2-9H,10-13H2,1H3,(H2,27,28,29,31). The van der Waals surface area contributed by atoms with E-state index in [0.29, 0.717) is 24.2 Å². The third-order valence-corrected chi connectivity index (χ3v) is 5.44. The zero-order valence-corrected chi connectivity index (χ0v) is 17.7. The Kier molecular flexibility index (Phi) is 6.08. The van der Waals surface area contributed by atoms with E-state index in [1.165, 1.54) is 4.90 Å². The van der Waals surface area contributed by atoms with Crippen LogP contribution in [0, 0.1) is 0 Å². The molecule has 0 saturated heterocycles. The molecule has 2 heterocycles. The van der Waals surface area contributed by atoms with Crippen LogP contribution in [-0.2, 0) is 25.7 Å². The van der Waals surface area contributed by atoms with Gasteiger partial charge in [-0.2, -0.15) is 13.2 Å². The fourth-order valence-electron chi connectivity index (χ4n) is 3.61. The number of anilines is 1. The molecule has 0 unspecified atom stereocenters. The number of aromatic amines is 1. The van der Waals surface area contributed by atoms with Gasteiger partial charge in [-0.1, -0.05) is 12.1 Å². The molecule has 3 aromatic rings. The normalized spacial score (nSPS) is 13.4. The molecule has 172 valence electrons. The maximum atomic E-state index is 12.8. The summed E-state index contributed by atoms with van der Waals surface area (Å²) in [6.45, 7) is 0.784. The molecule has 2 N–H and O–H groups in total. The summed E-state index contributed by atoms with van der Waals surface area (Å²) in [6.07, 6.45) is -4.16. The van der Waals surface area contributed by atoms with Crippen LogP contribution in [0.4, 0.5) is 19.1 Å². The Morgan fingerprint density at radius 3 is 2.48 bits per heavy atom. The number of nitrogens with zero attached hydrogens (tertiary/aromatic N) is 2. The number of amides is 1.